The number of para-hydroxylation sites is 1. The molecule has 0 atom stereocenters. The zero-order chi connectivity index (χ0) is 14.6. The lowest BCUT2D eigenvalue weighted by molar-refractivity contribution is 0.601. The summed E-state index contributed by atoms with van der Waals surface area (Å²) in [7, 11) is -3.59. The van der Waals surface area contributed by atoms with Crippen molar-refractivity contribution in [3.8, 4) is 0 Å². The van der Waals surface area contributed by atoms with Crippen molar-refractivity contribution in [2.75, 3.05) is 10.5 Å². The maximum absolute atomic E-state index is 12.3. The van der Waals surface area contributed by atoms with Gasteiger partial charge >= 0.3 is 0 Å². The van der Waals surface area contributed by atoms with E-state index in [-0.39, 0.29) is 4.90 Å². The predicted octanol–water partition coefficient (Wildman–Crippen LogP) is 4.25. The molecule has 2 aromatic rings. The lowest BCUT2D eigenvalue weighted by Crippen LogP contribution is -2.13. The quantitative estimate of drug-likeness (QED) is 0.835. The van der Waals surface area contributed by atoms with E-state index in [1.807, 2.05) is 19.1 Å². The van der Waals surface area contributed by atoms with Gasteiger partial charge in [0, 0.05) is 9.92 Å². The molecule has 106 valence electrons. The second-order valence-electron chi connectivity index (χ2n) is 3.99. The van der Waals surface area contributed by atoms with Gasteiger partial charge in [-0.25, -0.2) is 8.42 Å². The van der Waals surface area contributed by atoms with Crippen LogP contribution in [0.2, 0.25) is 5.02 Å². The van der Waals surface area contributed by atoms with E-state index in [9.17, 15) is 8.42 Å². The maximum atomic E-state index is 12.3. The van der Waals surface area contributed by atoms with Crippen LogP contribution >= 0.6 is 23.4 Å². The van der Waals surface area contributed by atoms with Crippen LogP contribution < -0.4 is 4.72 Å². The Kier molecular flexibility index (Phi) is 4.96. The largest absolute Gasteiger partial charge is 0.278 e. The predicted molar refractivity (Wildman–Crippen MR) is 85.1 cm³/mol. The number of halogens is 1. The molecule has 2 rings (SSSR count). The molecule has 0 amide bonds. The highest BCUT2D eigenvalue weighted by Gasteiger charge is 2.15. The topological polar surface area (TPSA) is 46.2 Å². The van der Waals surface area contributed by atoms with Crippen LogP contribution in [0.5, 0.6) is 0 Å². The highest BCUT2D eigenvalue weighted by molar-refractivity contribution is 7.99. The first kappa shape index (κ1) is 15.2. The molecule has 0 bridgehead atoms. The number of anilines is 1. The molecule has 0 aromatic heterocycles. The summed E-state index contributed by atoms with van der Waals surface area (Å²) in [4.78, 5) is 1.10. The summed E-state index contributed by atoms with van der Waals surface area (Å²) in [6, 6.07) is 13.4. The summed E-state index contributed by atoms with van der Waals surface area (Å²) in [5, 5.41) is 0.505. The van der Waals surface area contributed by atoms with Crippen molar-refractivity contribution in [2.45, 2.75) is 16.7 Å². The third-order valence-corrected chi connectivity index (χ3v) is 5.14. The van der Waals surface area contributed by atoms with Crippen LogP contribution in [0.1, 0.15) is 6.92 Å². The average Bonchev–Trinajstić information content (AvgIpc) is 2.41. The Labute approximate surface area is 128 Å². The van der Waals surface area contributed by atoms with Gasteiger partial charge in [0.05, 0.1) is 10.6 Å². The zero-order valence-electron chi connectivity index (χ0n) is 10.8. The minimum absolute atomic E-state index is 0.193. The number of hydrogen-bond acceptors (Lipinski definition) is 3. The van der Waals surface area contributed by atoms with Crippen LogP contribution in [0.4, 0.5) is 5.69 Å². The Balaban J connectivity index is 2.31. The van der Waals surface area contributed by atoms with Gasteiger partial charge in [0.2, 0.25) is 0 Å². The van der Waals surface area contributed by atoms with Gasteiger partial charge in [-0.1, -0.05) is 30.7 Å². The Hall–Kier alpha value is -1.17. The molecule has 0 unspecified atom stereocenters. The van der Waals surface area contributed by atoms with E-state index in [0.717, 1.165) is 10.6 Å². The molecular weight excluding hydrogens is 314 g/mol. The van der Waals surface area contributed by atoms with Crippen molar-refractivity contribution in [1.82, 2.24) is 0 Å². The molecule has 3 nitrogen and oxygen atoms in total. The fraction of sp³-hybridized carbons (Fsp3) is 0.143. The molecule has 20 heavy (non-hydrogen) atoms. The Morgan fingerprint density at radius 1 is 1.10 bits per heavy atom. The number of nitrogens with one attached hydrogen (secondary N) is 1. The first-order valence-corrected chi connectivity index (χ1v) is 8.88. The van der Waals surface area contributed by atoms with Gasteiger partial charge < -0.3 is 0 Å². The lowest BCUT2D eigenvalue weighted by atomic mass is 10.3. The molecule has 1 N–H and O–H groups in total. The highest BCUT2D eigenvalue weighted by atomic mass is 35.5. The SMILES string of the molecule is CCSc1ccccc1NS(=O)(=O)c1ccc(Cl)cc1. The Morgan fingerprint density at radius 2 is 1.75 bits per heavy atom. The van der Waals surface area contributed by atoms with Gasteiger partial charge in [0.25, 0.3) is 10.0 Å². The van der Waals surface area contributed by atoms with Crippen molar-refractivity contribution < 1.29 is 8.42 Å². The molecule has 0 spiro atoms. The van der Waals surface area contributed by atoms with E-state index in [0.29, 0.717) is 10.7 Å². The molecule has 0 heterocycles. The first-order chi connectivity index (χ1) is 9.53. The van der Waals surface area contributed by atoms with Gasteiger partial charge in [0.1, 0.15) is 0 Å². The molecule has 0 radical (unpaired) electrons. The van der Waals surface area contributed by atoms with Crippen molar-refractivity contribution in [1.29, 1.82) is 0 Å². The third-order valence-electron chi connectivity index (χ3n) is 2.56. The van der Waals surface area contributed by atoms with Gasteiger partial charge in [-0.15, -0.1) is 11.8 Å². The minimum Gasteiger partial charge on any atom is -0.278 e. The molecule has 0 aliphatic carbocycles. The fourth-order valence-electron chi connectivity index (χ4n) is 1.65. The van der Waals surface area contributed by atoms with E-state index < -0.39 is 10.0 Å². The van der Waals surface area contributed by atoms with Crippen molar-refractivity contribution in [2.24, 2.45) is 0 Å². The van der Waals surface area contributed by atoms with E-state index >= 15 is 0 Å². The average molecular weight is 328 g/mol. The van der Waals surface area contributed by atoms with Crippen LogP contribution in [0.15, 0.2) is 58.3 Å². The zero-order valence-corrected chi connectivity index (χ0v) is 13.2. The Bertz CT molecular complexity index is 685. The van der Waals surface area contributed by atoms with Gasteiger partial charge in [-0.05, 0) is 42.2 Å². The van der Waals surface area contributed by atoms with E-state index in [4.69, 9.17) is 11.6 Å². The van der Waals surface area contributed by atoms with Gasteiger partial charge in [0.15, 0.2) is 0 Å². The number of benzene rings is 2. The summed E-state index contributed by atoms with van der Waals surface area (Å²) in [5.41, 5.74) is 0.592. The first-order valence-electron chi connectivity index (χ1n) is 6.03. The van der Waals surface area contributed by atoms with Crippen LogP contribution in [-0.4, -0.2) is 14.2 Å². The van der Waals surface area contributed by atoms with E-state index in [2.05, 4.69) is 4.72 Å². The third kappa shape index (κ3) is 3.69. The summed E-state index contributed by atoms with van der Waals surface area (Å²) >= 11 is 7.36. The number of thioether (sulfide) groups is 1. The standard InChI is InChI=1S/C14H14ClNO2S2/c1-2-19-14-6-4-3-5-13(14)16-20(17,18)12-9-7-11(15)8-10-12/h3-10,16H,2H2,1H3. The monoisotopic (exact) mass is 327 g/mol. The van der Waals surface area contributed by atoms with Crippen LogP contribution in [0, 0.1) is 0 Å². The normalized spacial score (nSPS) is 11.3. The smallest absolute Gasteiger partial charge is 0.261 e. The highest BCUT2D eigenvalue weighted by Crippen LogP contribution is 2.28. The van der Waals surface area contributed by atoms with Crippen LogP contribution in [-0.2, 0) is 10.0 Å². The number of rotatable bonds is 5. The Morgan fingerprint density at radius 3 is 2.40 bits per heavy atom. The molecule has 6 heteroatoms. The number of hydrogen-bond donors (Lipinski definition) is 1. The molecule has 0 aliphatic heterocycles. The second kappa shape index (κ2) is 6.52. The summed E-state index contributed by atoms with van der Waals surface area (Å²) in [6.07, 6.45) is 0. The summed E-state index contributed by atoms with van der Waals surface area (Å²) in [5.74, 6) is 0.875. The van der Waals surface area contributed by atoms with E-state index in [1.54, 1.807) is 36.0 Å². The molecule has 0 fully saturated rings. The molecule has 0 saturated carbocycles. The second-order valence-corrected chi connectivity index (χ2v) is 7.41. The maximum Gasteiger partial charge on any atom is 0.261 e. The van der Waals surface area contributed by atoms with Crippen molar-refractivity contribution >= 4 is 39.1 Å². The van der Waals surface area contributed by atoms with E-state index in [1.165, 1.54) is 12.1 Å². The summed E-state index contributed by atoms with van der Waals surface area (Å²) < 4.78 is 27.2. The van der Waals surface area contributed by atoms with Crippen molar-refractivity contribution in [3.05, 3.63) is 53.6 Å². The molecule has 0 aliphatic rings. The molecule has 0 saturated heterocycles. The van der Waals surface area contributed by atoms with Crippen molar-refractivity contribution in [3.63, 3.8) is 0 Å². The molecule has 2 aromatic carbocycles. The lowest BCUT2D eigenvalue weighted by Gasteiger charge is -2.11. The molecular formula is C14H14ClNO2S2. The van der Waals surface area contributed by atoms with Gasteiger partial charge in [-0.2, -0.15) is 0 Å². The summed E-state index contributed by atoms with van der Waals surface area (Å²) in [6.45, 7) is 2.02. The number of sulfonamides is 1. The van der Waals surface area contributed by atoms with Gasteiger partial charge in [-0.3, -0.25) is 4.72 Å². The minimum atomic E-state index is -3.59. The fourth-order valence-corrected chi connectivity index (χ4v) is 3.68. The van der Waals surface area contributed by atoms with Crippen LogP contribution in [0.25, 0.3) is 0 Å². The van der Waals surface area contributed by atoms with Crippen LogP contribution in [0.3, 0.4) is 0 Å².